The van der Waals surface area contributed by atoms with Crippen molar-refractivity contribution in [2.24, 2.45) is 0 Å². The summed E-state index contributed by atoms with van der Waals surface area (Å²) in [5.74, 6) is 2.21. The van der Waals surface area contributed by atoms with Crippen molar-refractivity contribution in [1.29, 1.82) is 0 Å². The minimum Gasteiger partial charge on any atom is -0.492 e. The maximum atomic E-state index is 6.29. The highest BCUT2D eigenvalue weighted by molar-refractivity contribution is 14.2. The van der Waals surface area contributed by atoms with Crippen molar-refractivity contribution in [3.63, 3.8) is 0 Å². The molecule has 0 radical (unpaired) electrons. The van der Waals surface area contributed by atoms with Crippen LogP contribution in [0.3, 0.4) is 0 Å². The highest BCUT2D eigenvalue weighted by atomic mass is 127. The number of aromatic nitrogens is 6. The van der Waals surface area contributed by atoms with E-state index in [1.54, 1.807) is 24.2 Å². The summed E-state index contributed by atoms with van der Waals surface area (Å²) in [6.45, 7) is 3.80. The first kappa shape index (κ1) is 19.4. The smallest absolute Gasteiger partial charge is 0.167 e. The van der Waals surface area contributed by atoms with Crippen LogP contribution in [-0.2, 0) is 0 Å². The van der Waals surface area contributed by atoms with Gasteiger partial charge in [-0.15, -0.1) is 0 Å². The Labute approximate surface area is 181 Å². The van der Waals surface area contributed by atoms with E-state index in [-0.39, 0.29) is 0 Å². The Bertz CT molecular complexity index is 1180. The molecule has 0 saturated carbocycles. The quantitative estimate of drug-likeness (QED) is 0.228. The zero-order valence-electron chi connectivity index (χ0n) is 15.2. The van der Waals surface area contributed by atoms with Gasteiger partial charge in [-0.3, -0.25) is 4.34 Å². The Morgan fingerprint density at radius 1 is 1.21 bits per heavy atom. The van der Waals surface area contributed by atoms with Crippen molar-refractivity contribution in [2.75, 3.05) is 12.4 Å². The van der Waals surface area contributed by atoms with Gasteiger partial charge >= 0.3 is 0 Å². The number of hydrogen-bond donors (Lipinski definition) is 1. The van der Waals surface area contributed by atoms with Gasteiger partial charge in [0.05, 0.1) is 24.9 Å². The van der Waals surface area contributed by atoms with E-state index >= 15 is 0 Å². The van der Waals surface area contributed by atoms with E-state index in [2.05, 4.69) is 47.4 Å². The number of para-hydroxylation sites is 1. The SMILES string of the molecule is COc1c(Nc2cc(Cl)nc3c2nc(C)n3PI)cccc1-n1cnc(C)n1. The number of ether oxygens (including phenoxy) is 1. The van der Waals surface area contributed by atoms with Crippen LogP contribution in [0.15, 0.2) is 30.6 Å². The number of halogens is 2. The number of anilines is 2. The summed E-state index contributed by atoms with van der Waals surface area (Å²) < 4.78 is 9.41. The Kier molecular flexibility index (Phi) is 5.39. The lowest BCUT2D eigenvalue weighted by Crippen LogP contribution is -2.03. The van der Waals surface area contributed by atoms with Gasteiger partial charge in [0.25, 0.3) is 0 Å². The predicted molar refractivity (Wildman–Crippen MR) is 121 cm³/mol. The van der Waals surface area contributed by atoms with E-state index in [1.807, 2.05) is 36.4 Å². The van der Waals surface area contributed by atoms with Crippen LogP contribution in [-0.4, -0.2) is 36.2 Å². The molecule has 4 aromatic rings. The second-order valence-corrected chi connectivity index (χ2v) is 8.41. The summed E-state index contributed by atoms with van der Waals surface area (Å²) in [5.41, 5.74) is 3.81. The van der Waals surface area contributed by atoms with Crippen LogP contribution in [0, 0.1) is 13.8 Å². The molecule has 8 nitrogen and oxygen atoms in total. The Morgan fingerprint density at radius 2 is 2.04 bits per heavy atom. The number of nitrogens with one attached hydrogen (secondary N) is 1. The molecule has 3 heterocycles. The Hall–Kier alpha value is -1.97. The van der Waals surface area contributed by atoms with Crippen molar-refractivity contribution >= 4 is 62.6 Å². The van der Waals surface area contributed by atoms with E-state index in [1.165, 1.54) is 0 Å². The summed E-state index contributed by atoms with van der Waals surface area (Å²) in [5, 5.41) is 8.18. The number of pyridine rings is 1. The monoisotopic (exact) mass is 527 g/mol. The molecule has 1 atom stereocenters. The number of rotatable bonds is 5. The van der Waals surface area contributed by atoms with E-state index in [0.29, 0.717) is 23.1 Å². The number of benzene rings is 1. The molecular weight excluding hydrogens is 512 g/mol. The Morgan fingerprint density at radius 3 is 2.71 bits per heavy atom. The van der Waals surface area contributed by atoms with Gasteiger partial charge in [0, 0.05) is 6.07 Å². The third kappa shape index (κ3) is 3.42. The molecule has 0 saturated heterocycles. The van der Waals surface area contributed by atoms with Crippen LogP contribution in [0.2, 0.25) is 5.15 Å². The summed E-state index contributed by atoms with van der Waals surface area (Å²) in [6, 6.07) is 7.54. The molecule has 0 aliphatic rings. The predicted octanol–water partition coefficient (Wildman–Crippen LogP) is 4.83. The lowest BCUT2D eigenvalue weighted by atomic mass is 10.2. The fourth-order valence-electron chi connectivity index (χ4n) is 2.95. The number of aryl methyl sites for hydroxylation is 2. The van der Waals surface area contributed by atoms with E-state index < -0.39 is 0 Å². The molecule has 0 fully saturated rings. The van der Waals surface area contributed by atoms with Crippen molar-refractivity contribution in [1.82, 2.24) is 29.1 Å². The fraction of sp³-hybridized carbons (Fsp3) is 0.176. The summed E-state index contributed by atoms with van der Waals surface area (Å²) in [7, 11) is 1.62. The molecule has 3 aromatic heterocycles. The third-order valence-electron chi connectivity index (χ3n) is 4.16. The van der Waals surface area contributed by atoms with Crippen LogP contribution < -0.4 is 10.1 Å². The molecular formula is C17H16ClIN7OP. The molecule has 144 valence electrons. The molecule has 0 aliphatic carbocycles. The van der Waals surface area contributed by atoms with E-state index in [4.69, 9.17) is 16.3 Å². The van der Waals surface area contributed by atoms with Gasteiger partial charge in [-0.2, -0.15) is 5.10 Å². The van der Waals surface area contributed by atoms with Crippen LogP contribution in [0.5, 0.6) is 5.75 Å². The van der Waals surface area contributed by atoms with Gasteiger partial charge in [0.1, 0.15) is 34.3 Å². The third-order valence-corrected chi connectivity index (χ3v) is 6.50. The van der Waals surface area contributed by atoms with Gasteiger partial charge in [0.15, 0.2) is 11.4 Å². The maximum Gasteiger partial charge on any atom is 0.167 e. The fourth-order valence-corrected chi connectivity index (χ4v) is 5.28. The topological polar surface area (TPSA) is 82.7 Å². The molecule has 1 N–H and O–H groups in total. The van der Waals surface area contributed by atoms with Gasteiger partial charge < -0.3 is 10.1 Å². The van der Waals surface area contributed by atoms with Crippen LogP contribution in [0.4, 0.5) is 11.4 Å². The zero-order chi connectivity index (χ0) is 19.8. The Balaban J connectivity index is 1.84. The van der Waals surface area contributed by atoms with Crippen molar-refractivity contribution in [2.45, 2.75) is 13.8 Å². The second-order valence-electron chi connectivity index (χ2n) is 5.96. The average molecular weight is 528 g/mol. The highest BCUT2D eigenvalue weighted by Crippen LogP contribution is 2.38. The molecule has 28 heavy (non-hydrogen) atoms. The van der Waals surface area contributed by atoms with Gasteiger partial charge in [-0.25, -0.2) is 19.6 Å². The number of methoxy groups -OCH3 is 1. The van der Waals surface area contributed by atoms with Gasteiger partial charge in [-0.05, 0) is 48.0 Å². The van der Waals surface area contributed by atoms with Gasteiger partial charge in [-0.1, -0.05) is 17.7 Å². The number of hydrogen-bond acceptors (Lipinski definition) is 6. The first-order valence-electron chi connectivity index (χ1n) is 8.26. The number of imidazole rings is 1. The second kappa shape index (κ2) is 7.81. The minimum absolute atomic E-state index is 0.396. The summed E-state index contributed by atoms with van der Waals surface area (Å²) in [6.07, 6.45) is 2.14. The van der Waals surface area contributed by atoms with Crippen molar-refractivity contribution in [3.8, 4) is 11.4 Å². The molecule has 4 rings (SSSR count). The summed E-state index contributed by atoms with van der Waals surface area (Å²) >= 11 is 8.59. The first-order valence-corrected chi connectivity index (χ1v) is 12.7. The lowest BCUT2D eigenvalue weighted by Gasteiger charge is -2.15. The van der Waals surface area contributed by atoms with Crippen molar-refractivity contribution < 1.29 is 4.74 Å². The maximum absolute atomic E-state index is 6.29. The average Bonchev–Trinajstić information content (AvgIpc) is 3.24. The molecule has 0 spiro atoms. The molecule has 0 bridgehead atoms. The van der Waals surface area contributed by atoms with E-state index in [9.17, 15) is 0 Å². The van der Waals surface area contributed by atoms with Crippen LogP contribution >= 0.6 is 40.0 Å². The number of nitrogens with zero attached hydrogens (tertiary/aromatic N) is 6. The largest absolute Gasteiger partial charge is 0.492 e. The minimum atomic E-state index is 0.396. The zero-order valence-corrected chi connectivity index (χ0v) is 19.1. The number of fused-ring (bicyclic) bond motifs is 1. The molecule has 1 unspecified atom stereocenters. The molecule has 1 aromatic carbocycles. The highest BCUT2D eigenvalue weighted by Gasteiger charge is 2.17. The standard InChI is InChI=1S/C17H16ClIN7OP/c1-9-20-8-25(24-9)13-6-4-5-11(16(13)27-3)22-12-7-14(18)23-17-15(12)21-10(2)26(17)28-19/h4-8,28H,1-3H3,(H,22,23). The summed E-state index contributed by atoms with van der Waals surface area (Å²) in [4.78, 5) is 13.3. The van der Waals surface area contributed by atoms with Gasteiger partial charge in [0.2, 0.25) is 0 Å². The van der Waals surface area contributed by atoms with Crippen molar-refractivity contribution in [3.05, 3.63) is 47.4 Å². The van der Waals surface area contributed by atoms with E-state index in [0.717, 1.165) is 34.1 Å². The normalized spacial score (nSPS) is 11.6. The molecule has 11 heteroatoms. The van der Waals surface area contributed by atoms with Crippen LogP contribution in [0.1, 0.15) is 11.6 Å². The lowest BCUT2D eigenvalue weighted by molar-refractivity contribution is 0.413. The molecule has 0 amide bonds. The molecule has 0 aliphatic heterocycles. The first-order chi connectivity index (χ1) is 13.5. The van der Waals surface area contributed by atoms with Crippen LogP contribution in [0.25, 0.3) is 16.9 Å².